The largest absolute Gasteiger partial charge is 0.416 e. The van der Waals surface area contributed by atoms with Gasteiger partial charge in [-0.25, -0.2) is 4.39 Å². The number of nitrogens with zero attached hydrogens (tertiary/aromatic N) is 1. The molecule has 1 N–H and O–H groups in total. The topological polar surface area (TPSA) is 15.3 Å². The second-order valence-corrected chi connectivity index (χ2v) is 8.06. The van der Waals surface area contributed by atoms with E-state index in [0.717, 1.165) is 50.6 Å². The first kappa shape index (κ1) is 20.2. The molecule has 0 bridgehead atoms. The van der Waals surface area contributed by atoms with Crippen molar-refractivity contribution in [2.24, 2.45) is 5.41 Å². The molecule has 1 aliphatic rings. The van der Waals surface area contributed by atoms with Crippen molar-refractivity contribution < 1.29 is 17.6 Å². The van der Waals surface area contributed by atoms with Crippen LogP contribution in [0.1, 0.15) is 51.2 Å². The molecule has 0 unspecified atom stereocenters. The van der Waals surface area contributed by atoms with E-state index in [0.29, 0.717) is 6.54 Å². The van der Waals surface area contributed by atoms with E-state index in [1.165, 1.54) is 0 Å². The van der Waals surface area contributed by atoms with E-state index in [1.54, 1.807) is 0 Å². The Balaban J connectivity index is 2.24. The number of halogens is 4. The summed E-state index contributed by atoms with van der Waals surface area (Å²) in [6, 6.07) is 3.01. The summed E-state index contributed by atoms with van der Waals surface area (Å²) in [4.78, 5) is 2.11. The highest BCUT2D eigenvalue weighted by atomic mass is 19.4. The summed E-state index contributed by atoms with van der Waals surface area (Å²) in [5, 5.41) is 3.28. The molecular formula is C19H28F4N2. The Morgan fingerprint density at radius 2 is 1.76 bits per heavy atom. The maximum absolute atomic E-state index is 13.6. The smallest absolute Gasteiger partial charge is 0.317 e. The predicted molar refractivity (Wildman–Crippen MR) is 91.8 cm³/mol. The van der Waals surface area contributed by atoms with Crippen LogP contribution in [0.4, 0.5) is 17.6 Å². The molecule has 1 heterocycles. The minimum Gasteiger partial charge on any atom is -0.317 e. The van der Waals surface area contributed by atoms with Crippen LogP contribution in [0, 0.1) is 11.2 Å². The van der Waals surface area contributed by atoms with Gasteiger partial charge in [0.2, 0.25) is 0 Å². The van der Waals surface area contributed by atoms with E-state index in [4.69, 9.17) is 0 Å². The highest BCUT2D eigenvalue weighted by Gasteiger charge is 2.34. The molecule has 0 spiro atoms. The van der Waals surface area contributed by atoms with Crippen molar-refractivity contribution >= 4 is 0 Å². The van der Waals surface area contributed by atoms with Crippen LogP contribution < -0.4 is 5.32 Å². The van der Waals surface area contributed by atoms with Crippen LogP contribution in [0.2, 0.25) is 0 Å². The first-order chi connectivity index (χ1) is 11.6. The summed E-state index contributed by atoms with van der Waals surface area (Å²) in [6.45, 7) is 8.94. The molecular weight excluding hydrogens is 332 g/mol. The molecule has 0 radical (unpaired) electrons. The lowest BCUT2D eigenvalue weighted by Crippen LogP contribution is -2.44. The van der Waals surface area contributed by atoms with Gasteiger partial charge in [0.25, 0.3) is 0 Å². The molecule has 1 saturated heterocycles. The molecule has 1 aromatic rings. The monoisotopic (exact) mass is 360 g/mol. The van der Waals surface area contributed by atoms with Crippen molar-refractivity contribution in [3.63, 3.8) is 0 Å². The zero-order valence-electron chi connectivity index (χ0n) is 15.2. The predicted octanol–water partition coefficient (Wildman–Crippen LogP) is 4.83. The Morgan fingerprint density at radius 3 is 2.32 bits per heavy atom. The Morgan fingerprint density at radius 1 is 1.12 bits per heavy atom. The summed E-state index contributed by atoms with van der Waals surface area (Å²) in [5.74, 6) is -0.621. The first-order valence-corrected chi connectivity index (χ1v) is 8.87. The van der Waals surface area contributed by atoms with E-state index in [9.17, 15) is 17.6 Å². The fraction of sp³-hybridized carbons (Fsp3) is 0.684. The van der Waals surface area contributed by atoms with Crippen LogP contribution in [-0.2, 0) is 12.7 Å². The van der Waals surface area contributed by atoms with Crippen LogP contribution in [0.5, 0.6) is 0 Å². The van der Waals surface area contributed by atoms with Crippen LogP contribution in [0.3, 0.4) is 0 Å². The Kier molecular flexibility index (Phi) is 6.49. The van der Waals surface area contributed by atoms with Gasteiger partial charge in [-0.3, -0.25) is 4.90 Å². The number of piperidine rings is 1. The molecule has 6 heteroatoms. The molecule has 2 rings (SSSR count). The van der Waals surface area contributed by atoms with E-state index in [1.807, 2.05) is 0 Å². The molecule has 0 saturated carbocycles. The fourth-order valence-electron chi connectivity index (χ4n) is 3.23. The standard InChI is InChI=1S/C19H28F4N2/c1-18(2,3)8-11-25(16-6-9-24-10-7-16)13-14-12-15(20)4-5-17(14)19(21,22)23/h4-5,12,16,24H,6-11,13H2,1-3H3. The van der Waals surface area contributed by atoms with Gasteiger partial charge in [-0.1, -0.05) is 20.8 Å². The minimum atomic E-state index is -4.47. The number of rotatable bonds is 5. The van der Waals surface area contributed by atoms with Gasteiger partial charge < -0.3 is 5.32 Å². The average molecular weight is 360 g/mol. The van der Waals surface area contributed by atoms with Crippen LogP contribution >= 0.6 is 0 Å². The normalized spacial score (nSPS) is 17.3. The summed E-state index contributed by atoms with van der Waals surface area (Å²) in [7, 11) is 0. The van der Waals surface area contributed by atoms with Crippen molar-refractivity contribution in [1.29, 1.82) is 0 Å². The first-order valence-electron chi connectivity index (χ1n) is 8.87. The molecule has 0 atom stereocenters. The van der Waals surface area contributed by atoms with Gasteiger partial charge in [0.05, 0.1) is 5.56 Å². The lowest BCUT2D eigenvalue weighted by molar-refractivity contribution is -0.138. The lowest BCUT2D eigenvalue weighted by atomic mass is 9.91. The zero-order chi connectivity index (χ0) is 18.7. The van der Waals surface area contributed by atoms with E-state index >= 15 is 0 Å². The quantitative estimate of drug-likeness (QED) is 0.756. The molecule has 2 nitrogen and oxygen atoms in total. The van der Waals surface area contributed by atoms with Gasteiger partial charge in [-0.05, 0) is 68.1 Å². The molecule has 25 heavy (non-hydrogen) atoms. The Labute approximate surface area is 147 Å². The fourth-order valence-corrected chi connectivity index (χ4v) is 3.23. The van der Waals surface area contributed by atoms with Crippen molar-refractivity contribution in [1.82, 2.24) is 10.2 Å². The van der Waals surface area contributed by atoms with Gasteiger partial charge in [0, 0.05) is 12.6 Å². The maximum Gasteiger partial charge on any atom is 0.416 e. The minimum absolute atomic E-state index is 0.0277. The van der Waals surface area contributed by atoms with E-state index in [2.05, 4.69) is 31.0 Å². The third kappa shape index (κ3) is 6.26. The van der Waals surface area contributed by atoms with Crippen molar-refractivity contribution in [2.75, 3.05) is 19.6 Å². The summed E-state index contributed by atoms with van der Waals surface area (Å²) in [6.07, 6.45) is -1.78. The highest BCUT2D eigenvalue weighted by molar-refractivity contribution is 5.30. The number of benzene rings is 1. The summed E-state index contributed by atoms with van der Waals surface area (Å²) in [5.41, 5.74) is -0.608. The van der Waals surface area contributed by atoms with Gasteiger partial charge in [-0.15, -0.1) is 0 Å². The molecule has 1 fully saturated rings. The highest BCUT2D eigenvalue weighted by Crippen LogP contribution is 2.34. The second kappa shape index (κ2) is 8.04. The molecule has 142 valence electrons. The Hall–Kier alpha value is -1.14. The van der Waals surface area contributed by atoms with Crippen LogP contribution in [-0.4, -0.2) is 30.6 Å². The third-order valence-electron chi connectivity index (χ3n) is 4.72. The van der Waals surface area contributed by atoms with Gasteiger partial charge >= 0.3 is 6.18 Å². The number of hydrogen-bond acceptors (Lipinski definition) is 2. The SMILES string of the molecule is CC(C)(C)CCN(Cc1cc(F)ccc1C(F)(F)F)C1CCNCC1. The molecule has 1 aromatic carbocycles. The van der Waals surface area contributed by atoms with Crippen molar-refractivity contribution in [2.45, 2.75) is 58.8 Å². The molecule has 0 aliphatic carbocycles. The van der Waals surface area contributed by atoms with E-state index in [-0.39, 0.29) is 23.6 Å². The molecule has 1 aliphatic heterocycles. The zero-order valence-corrected chi connectivity index (χ0v) is 15.2. The summed E-state index contributed by atoms with van der Waals surface area (Å²) >= 11 is 0. The molecule has 0 amide bonds. The number of alkyl halides is 3. The van der Waals surface area contributed by atoms with Gasteiger partial charge in [0.15, 0.2) is 0 Å². The second-order valence-electron chi connectivity index (χ2n) is 8.06. The van der Waals surface area contributed by atoms with Gasteiger partial charge in [-0.2, -0.15) is 13.2 Å². The Bertz CT molecular complexity index is 558. The van der Waals surface area contributed by atoms with Crippen LogP contribution in [0.25, 0.3) is 0 Å². The van der Waals surface area contributed by atoms with Crippen molar-refractivity contribution in [3.05, 3.63) is 35.1 Å². The number of hydrogen-bond donors (Lipinski definition) is 1. The van der Waals surface area contributed by atoms with E-state index < -0.39 is 17.6 Å². The maximum atomic E-state index is 13.6. The van der Waals surface area contributed by atoms with Crippen LogP contribution in [0.15, 0.2) is 18.2 Å². The van der Waals surface area contributed by atoms with Crippen molar-refractivity contribution in [3.8, 4) is 0 Å². The number of nitrogens with one attached hydrogen (secondary N) is 1. The van der Waals surface area contributed by atoms with Gasteiger partial charge in [0.1, 0.15) is 5.82 Å². The summed E-state index contributed by atoms with van der Waals surface area (Å²) < 4.78 is 53.5. The average Bonchev–Trinajstić information content (AvgIpc) is 2.50. The third-order valence-corrected chi connectivity index (χ3v) is 4.72. The molecule has 0 aromatic heterocycles. The lowest BCUT2D eigenvalue weighted by Gasteiger charge is -2.36.